The van der Waals surface area contributed by atoms with Gasteiger partial charge in [0, 0.05) is 48.1 Å². The SMILES string of the molecule is CC(=O)N1Cc2c(c3ccccc3n2C)C(c2ccccc2Cl)C1. The molecule has 0 bridgehead atoms. The van der Waals surface area contributed by atoms with Gasteiger partial charge in [0.15, 0.2) is 0 Å². The fourth-order valence-electron chi connectivity index (χ4n) is 3.86. The molecule has 0 spiro atoms. The number of carbonyl (C=O) groups is 1. The number of nitrogens with zero attached hydrogens (tertiary/aromatic N) is 2. The van der Waals surface area contributed by atoms with Crippen LogP contribution in [0, 0.1) is 0 Å². The fraction of sp³-hybridized carbons (Fsp3) is 0.250. The Morgan fingerprint density at radius 3 is 2.58 bits per heavy atom. The van der Waals surface area contributed by atoms with Gasteiger partial charge in [0.25, 0.3) is 0 Å². The highest BCUT2D eigenvalue weighted by atomic mass is 35.5. The molecule has 0 aliphatic carbocycles. The number of hydrogen-bond donors (Lipinski definition) is 0. The molecule has 3 nitrogen and oxygen atoms in total. The summed E-state index contributed by atoms with van der Waals surface area (Å²) in [5.74, 6) is 0.195. The van der Waals surface area contributed by atoms with Crippen LogP contribution in [0.3, 0.4) is 0 Å². The monoisotopic (exact) mass is 338 g/mol. The zero-order valence-electron chi connectivity index (χ0n) is 13.8. The minimum atomic E-state index is 0.0949. The second-order valence-corrected chi connectivity index (χ2v) is 6.82. The van der Waals surface area contributed by atoms with E-state index in [1.165, 1.54) is 22.2 Å². The minimum Gasteiger partial charge on any atom is -0.346 e. The number of halogens is 1. The molecule has 0 radical (unpaired) electrons. The van der Waals surface area contributed by atoms with Crippen molar-refractivity contribution in [3.8, 4) is 0 Å². The molecular weight excluding hydrogens is 320 g/mol. The van der Waals surface area contributed by atoms with Crippen LogP contribution in [0.2, 0.25) is 5.02 Å². The topological polar surface area (TPSA) is 25.2 Å². The van der Waals surface area contributed by atoms with Crippen LogP contribution in [0.25, 0.3) is 10.9 Å². The predicted molar refractivity (Wildman–Crippen MR) is 97.3 cm³/mol. The largest absolute Gasteiger partial charge is 0.346 e. The molecule has 1 atom stereocenters. The Morgan fingerprint density at radius 2 is 1.83 bits per heavy atom. The molecule has 4 heteroatoms. The maximum atomic E-state index is 12.1. The van der Waals surface area contributed by atoms with Gasteiger partial charge in [-0.05, 0) is 23.3 Å². The Kier molecular flexibility index (Phi) is 3.61. The standard InChI is InChI=1S/C20H19ClN2O/c1-13(24)23-11-16(14-7-3-5-9-17(14)21)20-15-8-4-6-10-18(15)22(2)19(20)12-23/h3-10,16H,11-12H2,1-2H3. The number of para-hydroxylation sites is 1. The van der Waals surface area contributed by atoms with Crippen molar-refractivity contribution in [2.75, 3.05) is 6.54 Å². The first-order chi connectivity index (χ1) is 11.6. The summed E-state index contributed by atoms with van der Waals surface area (Å²) in [7, 11) is 2.08. The summed E-state index contributed by atoms with van der Waals surface area (Å²) in [6, 6.07) is 16.4. The van der Waals surface area contributed by atoms with E-state index in [0.717, 1.165) is 10.6 Å². The maximum Gasteiger partial charge on any atom is 0.219 e. The molecule has 0 N–H and O–H groups in total. The van der Waals surface area contributed by atoms with E-state index in [2.05, 4.69) is 41.9 Å². The van der Waals surface area contributed by atoms with Gasteiger partial charge >= 0.3 is 0 Å². The maximum absolute atomic E-state index is 12.1. The van der Waals surface area contributed by atoms with Gasteiger partial charge in [0.05, 0.1) is 6.54 Å². The van der Waals surface area contributed by atoms with E-state index in [-0.39, 0.29) is 11.8 Å². The van der Waals surface area contributed by atoms with Crippen LogP contribution in [0.4, 0.5) is 0 Å². The molecule has 0 saturated carbocycles. The average molecular weight is 339 g/mol. The number of carbonyl (C=O) groups excluding carboxylic acids is 1. The van der Waals surface area contributed by atoms with Crippen molar-refractivity contribution in [3.63, 3.8) is 0 Å². The van der Waals surface area contributed by atoms with Gasteiger partial charge in [0.1, 0.15) is 0 Å². The summed E-state index contributed by atoms with van der Waals surface area (Å²) in [5, 5.41) is 2.01. The Hall–Kier alpha value is -2.26. The van der Waals surface area contributed by atoms with Crippen molar-refractivity contribution in [2.24, 2.45) is 7.05 Å². The lowest BCUT2D eigenvalue weighted by atomic mass is 9.86. The van der Waals surface area contributed by atoms with Crippen molar-refractivity contribution in [1.82, 2.24) is 9.47 Å². The zero-order valence-corrected chi connectivity index (χ0v) is 14.5. The van der Waals surface area contributed by atoms with Gasteiger partial charge < -0.3 is 9.47 Å². The number of hydrogen-bond acceptors (Lipinski definition) is 1. The summed E-state index contributed by atoms with van der Waals surface area (Å²) in [6.45, 7) is 2.95. The molecule has 0 fully saturated rings. The third kappa shape index (κ3) is 2.23. The Balaban J connectivity index is 2.00. The van der Waals surface area contributed by atoms with E-state index < -0.39 is 0 Å². The first-order valence-corrected chi connectivity index (χ1v) is 8.52. The molecule has 0 saturated heterocycles. The first kappa shape index (κ1) is 15.3. The van der Waals surface area contributed by atoms with E-state index in [9.17, 15) is 4.79 Å². The summed E-state index contributed by atoms with van der Waals surface area (Å²) >= 11 is 6.50. The number of rotatable bonds is 1. The first-order valence-electron chi connectivity index (χ1n) is 8.14. The quantitative estimate of drug-likeness (QED) is 0.648. The van der Waals surface area contributed by atoms with E-state index in [1.807, 2.05) is 23.1 Å². The number of aryl methyl sites for hydroxylation is 1. The molecule has 122 valence electrons. The molecule has 3 aromatic rings. The van der Waals surface area contributed by atoms with Gasteiger partial charge in [-0.3, -0.25) is 4.79 Å². The smallest absolute Gasteiger partial charge is 0.219 e. The number of amides is 1. The summed E-state index contributed by atoms with van der Waals surface area (Å²) in [5.41, 5.74) is 4.79. The van der Waals surface area contributed by atoms with Crippen molar-refractivity contribution >= 4 is 28.4 Å². The van der Waals surface area contributed by atoms with Gasteiger partial charge in [-0.25, -0.2) is 0 Å². The lowest BCUT2D eigenvalue weighted by Gasteiger charge is -2.34. The predicted octanol–water partition coefficient (Wildman–Crippen LogP) is 4.33. The highest BCUT2D eigenvalue weighted by Gasteiger charge is 2.33. The van der Waals surface area contributed by atoms with Gasteiger partial charge in [-0.2, -0.15) is 0 Å². The molecule has 1 aromatic heterocycles. The molecule has 1 aliphatic rings. The molecule has 1 amide bonds. The average Bonchev–Trinajstić information content (AvgIpc) is 2.88. The van der Waals surface area contributed by atoms with Crippen LogP contribution in [0.15, 0.2) is 48.5 Å². The summed E-state index contributed by atoms with van der Waals surface area (Å²) < 4.78 is 2.21. The summed E-state index contributed by atoms with van der Waals surface area (Å²) in [4.78, 5) is 14.0. The van der Waals surface area contributed by atoms with Crippen LogP contribution in [0.5, 0.6) is 0 Å². The number of benzene rings is 2. The number of fused-ring (bicyclic) bond motifs is 3. The van der Waals surface area contributed by atoms with Crippen LogP contribution >= 0.6 is 11.6 Å². The normalized spacial score (nSPS) is 17.1. The molecule has 2 heterocycles. The van der Waals surface area contributed by atoms with E-state index >= 15 is 0 Å². The third-order valence-electron chi connectivity index (χ3n) is 5.09. The third-order valence-corrected chi connectivity index (χ3v) is 5.43. The van der Waals surface area contributed by atoms with E-state index in [0.29, 0.717) is 13.1 Å². The molecule has 2 aromatic carbocycles. The minimum absolute atomic E-state index is 0.0949. The molecule has 1 aliphatic heterocycles. The highest BCUT2D eigenvalue weighted by Crippen LogP contribution is 2.41. The molecule has 1 unspecified atom stereocenters. The van der Waals surface area contributed by atoms with Gasteiger partial charge in [-0.1, -0.05) is 48.0 Å². The van der Waals surface area contributed by atoms with Crippen molar-refractivity contribution < 1.29 is 4.79 Å². The van der Waals surface area contributed by atoms with Gasteiger partial charge in [-0.15, -0.1) is 0 Å². The van der Waals surface area contributed by atoms with Crippen LogP contribution < -0.4 is 0 Å². The lowest BCUT2D eigenvalue weighted by Crippen LogP contribution is -2.37. The summed E-state index contributed by atoms with van der Waals surface area (Å²) in [6.07, 6.45) is 0. The van der Waals surface area contributed by atoms with Crippen LogP contribution in [-0.2, 0) is 18.4 Å². The van der Waals surface area contributed by atoms with Gasteiger partial charge in [0.2, 0.25) is 5.91 Å². The lowest BCUT2D eigenvalue weighted by molar-refractivity contribution is -0.130. The molecular formula is C20H19ClN2O. The Morgan fingerprint density at radius 1 is 1.12 bits per heavy atom. The highest BCUT2D eigenvalue weighted by molar-refractivity contribution is 6.31. The van der Waals surface area contributed by atoms with E-state index in [4.69, 9.17) is 11.6 Å². The second-order valence-electron chi connectivity index (χ2n) is 6.41. The van der Waals surface area contributed by atoms with Crippen molar-refractivity contribution in [3.05, 3.63) is 70.4 Å². The number of aromatic nitrogens is 1. The molecule has 4 rings (SSSR count). The van der Waals surface area contributed by atoms with E-state index in [1.54, 1.807) is 6.92 Å². The van der Waals surface area contributed by atoms with Crippen LogP contribution in [-0.4, -0.2) is 21.9 Å². The zero-order chi connectivity index (χ0) is 16.8. The fourth-order valence-corrected chi connectivity index (χ4v) is 4.13. The Bertz CT molecular complexity index is 944. The van der Waals surface area contributed by atoms with Crippen molar-refractivity contribution in [1.29, 1.82) is 0 Å². The van der Waals surface area contributed by atoms with Crippen LogP contribution in [0.1, 0.15) is 29.7 Å². The molecule has 24 heavy (non-hydrogen) atoms. The Labute approximate surface area is 146 Å². The second kappa shape index (κ2) is 5.67. The van der Waals surface area contributed by atoms with Crippen molar-refractivity contribution in [2.45, 2.75) is 19.4 Å².